The minimum Gasteiger partial charge on any atom is -0.320 e. The van der Waals surface area contributed by atoms with E-state index in [9.17, 15) is 4.79 Å². The van der Waals surface area contributed by atoms with Gasteiger partial charge in [0.15, 0.2) is 5.13 Å². The van der Waals surface area contributed by atoms with E-state index in [1.807, 2.05) is 50.5 Å². The number of nitrogens with one attached hydrogen (secondary N) is 3. The molecule has 0 aliphatic rings. The SMILES string of the molecule is Cc1ccc2[nH]ncc2c1NC(=O)c1cnc(Nc2cccc(-c3cnn(C)c3)n2)s1. The fraction of sp³-hybridized carbons (Fsp3) is 0.0952. The van der Waals surface area contributed by atoms with E-state index < -0.39 is 0 Å². The molecule has 10 heteroatoms. The van der Waals surface area contributed by atoms with Gasteiger partial charge in [-0.25, -0.2) is 9.97 Å². The Kier molecular flexibility index (Phi) is 4.68. The summed E-state index contributed by atoms with van der Waals surface area (Å²) in [5, 5.41) is 18.8. The number of aryl methyl sites for hydroxylation is 2. The molecule has 0 unspecified atom stereocenters. The first-order chi connectivity index (χ1) is 15.1. The number of aromatic amines is 1. The number of amides is 1. The smallest absolute Gasteiger partial charge is 0.267 e. The lowest BCUT2D eigenvalue weighted by Crippen LogP contribution is -2.11. The Bertz CT molecular complexity index is 1400. The van der Waals surface area contributed by atoms with Gasteiger partial charge < -0.3 is 10.6 Å². The van der Waals surface area contributed by atoms with Crippen LogP contribution in [0, 0.1) is 6.92 Å². The van der Waals surface area contributed by atoms with Gasteiger partial charge in [-0.05, 0) is 30.7 Å². The molecule has 0 aliphatic carbocycles. The second-order valence-corrected chi connectivity index (χ2v) is 8.04. The summed E-state index contributed by atoms with van der Waals surface area (Å²) in [6.07, 6.45) is 6.93. The predicted molar refractivity (Wildman–Crippen MR) is 121 cm³/mol. The molecule has 0 aliphatic heterocycles. The average Bonchev–Trinajstić information content (AvgIpc) is 3.51. The van der Waals surface area contributed by atoms with E-state index in [-0.39, 0.29) is 5.91 Å². The minimum atomic E-state index is -0.223. The van der Waals surface area contributed by atoms with Crippen LogP contribution in [0.4, 0.5) is 16.6 Å². The molecule has 5 rings (SSSR count). The number of carbonyl (C=O) groups is 1. The third-order valence-electron chi connectivity index (χ3n) is 4.79. The molecule has 0 spiro atoms. The second-order valence-electron chi connectivity index (χ2n) is 7.01. The topological polar surface area (TPSA) is 113 Å². The molecule has 1 aromatic carbocycles. The van der Waals surface area contributed by atoms with Crippen LogP contribution in [0.5, 0.6) is 0 Å². The number of pyridine rings is 1. The molecule has 0 atom stereocenters. The first-order valence-electron chi connectivity index (χ1n) is 9.50. The number of hydrogen-bond acceptors (Lipinski definition) is 7. The number of rotatable bonds is 5. The molecule has 5 aromatic rings. The maximum absolute atomic E-state index is 12.8. The van der Waals surface area contributed by atoms with Gasteiger partial charge in [0.05, 0.1) is 35.5 Å². The number of thiazole rings is 1. The van der Waals surface area contributed by atoms with Crippen molar-refractivity contribution in [1.82, 2.24) is 29.9 Å². The lowest BCUT2D eigenvalue weighted by atomic mass is 10.1. The highest BCUT2D eigenvalue weighted by Crippen LogP contribution is 2.28. The molecule has 1 amide bonds. The summed E-state index contributed by atoms with van der Waals surface area (Å²) in [5.74, 6) is 0.418. The maximum Gasteiger partial charge on any atom is 0.267 e. The second kappa shape index (κ2) is 7.65. The van der Waals surface area contributed by atoms with Crippen LogP contribution in [0.15, 0.2) is 55.1 Å². The summed E-state index contributed by atoms with van der Waals surface area (Å²) < 4.78 is 1.73. The molecule has 154 valence electrons. The monoisotopic (exact) mass is 430 g/mol. The van der Waals surface area contributed by atoms with Crippen LogP contribution in [0.1, 0.15) is 15.2 Å². The summed E-state index contributed by atoms with van der Waals surface area (Å²) >= 11 is 1.26. The van der Waals surface area contributed by atoms with E-state index in [4.69, 9.17) is 0 Å². The molecule has 0 saturated carbocycles. The van der Waals surface area contributed by atoms with Gasteiger partial charge in [0.2, 0.25) is 0 Å². The Labute approximate surface area is 181 Å². The molecule has 9 nitrogen and oxygen atoms in total. The number of aromatic nitrogens is 6. The number of fused-ring (bicyclic) bond motifs is 1. The normalized spacial score (nSPS) is 11.0. The summed E-state index contributed by atoms with van der Waals surface area (Å²) in [6.45, 7) is 1.95. The van der Waals surface area contributed by atoms with E-state index in [0.29, 0.717) is 15.8 Å². The van der Waals surface area contributed by atoms with Crippen molar-refractivity contribution in [2.45, 2.75) is 6.92 Å². The highest BCUT2D eigenvalue weighted by atomic mass is 32.1. The van der Waals surface area contributed by atoms with E-state index in [1.54, 1.807) is 23.3 Å². The molecule has 0 fully saturated rings. The Hall–Kier alpha value is -4.05. The summed E-state index contributed by atoms with van der Waals surface area (Å²) in [4.78, 5) is 22.2. The van der Waals surface area contributed by atoms with Gasteiger partial charge in [-0.3, -0.25) is 14.6 Å². The summed E-state index contributed by atoms with van der Waals surface area (Å²) in [7, 11) is 1.86. The molecule has 0 saturated heterocycles. The van der Waals surface area contributed by atoms with Crippen molar-refractivity contribution in [3.05, 3.63) is 65.6 Å². The molecule has 31 heavy (non-hydrogen) atoms. The minimum absolute atomic E-state index is 0.223. The van der Waals surface area contributed by atoms with Gasteiger partial charge in [0.1, 0.15) is 10.7 Å². The van der Waals surface area contributed by atoms with Crippen LogP contribution < -0.4 is 10.6 Å². The number of anilines is 3. The van der Waals surface area contributed by atoms with Gasteiger partial charge >= 0.3 is 0 Å². The van der Waals surface area contributed by atoms with E-state index in [2.05, 4.69) is 35.9 Å². The average molecular weight is 430 g/mol. The molecule has 4 aromatic heterocycles. The third-order valence-corrected chi connectivity index (χ3v) is 5.70. The summed E-state index contributed by atoms with van der Waals surface area (Å²) in [5.41, 5.74) is 4.30. The Balaban J connectivity index is 1.34. The van der Waals surface area contributed by atoms with Crippen molar-refractivity contribution in [1.29, 1.82) is 0 Å². The zero-order chi connectivity index (χ0) is 21.4. The van der Waals surface area contributed by atoms with Crippen molar-refractivity contribution >= 4 is 44.8 Å². The Morgan fingerprint density at radius 1 is 1.16 bits per heavy atom. The summed E-state index contributed by atoms with van der Waals surface area (Å²) in [6, 6.07) is 9.56. The number of nitrogens with zero attached hydrogens (tertiary/aromatic N) is 5. The van der Waals surface area contributed by atoms with E-state index in [0.717, 1.165) is 33.4 Å². The lowest BCUT2D eigenvalue weighted by molar-refractivity contribution is 0.103. The molecular weight excluding hydrogens is 412 g/mol. The van der Waals surface area contributed by atoms with Crippen LogP contribution in [-0.4, -0.2) is 35.9 Å². The predicted octanol–water partition coefficient (Wildman–Crippen LogP) is 4.12. The maximum atomic E-state index is 12.8. The number of benzene rings is 1. The number of hydrogen-bond donors (Lipinski definition) is 3. The Morgan fingerprint density at radius 2 is 2.06 bits per heavy atom. The number of carbonyl (C=O) groups excluding carboxylic acids is 1. The van der Waals surface area contributed by atoms with Crippen LogP contribution in [0.25, 0.3) is 22.2 Å². The van der Waals surface area contributed by atoms with Crippen LogP contribution >= 0.6 is 11.3 Å². The van der Waals surface area contributed by atoms with Crippen LogP contribution in [-0.2, 0) is 7.05 Å². The standard InChI is InChI=1S/C21H18N8OS/c1-12-6-7-16-14(9-23-28-16)19(12)27-20(30)17-10-22-21(31-17)26-18-5-3-4-15(25-18)13-8-24-29(2)11-13/h3-11H,1-2H3,(H,23,28)(H,27,30)(H,22,25,26). The van der Waals surface area contributed by atoms with Crippen LogP contribution in [0.2, 0.25) is 0 Å². The molecule has 0 radical (unpaired) electrons. The fourth-order valence-electron chi connectivity index (χ4n) is 3.23. The molecule has 4 heterocycles. The van der Waals surface area contributed by atoms with Gasteiger partial charge in [-0.15, -0.1) is 0 Å². The van der Waals surface area contributed by atoms with Crippen molar-refractivity contribution in [3.63, 3.8) is 0 Å². The fourth-order valence-corrected chi connectivity index (χ4v) is 3.95. The van der Waals surface area contributed by atoms with Gasteiger partial charge in [-0.1, -0.05) is 23.5 Å². The van der Waals surface area contributed by atoms with Crippen molar-refractivity contribution in [3.8, 4) is 11.3 Å². The van der Waals surface area contributed by atoms with Crippen molar-refractivity contribution in [2.24, 2.45) is 7.05 Å². The van der Waals surface area contributed by atoms with E-state index >= 15 is 0 Å². The number of H-pyrrole nitrogens is 1. The van der Waals surface area contributed by atoms with Gasteiger partial charge in [-0.2, -0.15) is 10.2 Å². The highest BCUT2D eigenvalue weighted by Gasteiger charge is 2.15. The first kappa shape index (κ1) is 18.9. The van der Waals surface area contributed by atoms with Gasteiger partial charge in [0.25, 0.3) is 5.91 Å². The molecule has 0 bridgehead atoms. The molecular formula is C21H18N8OS. The Morgan fingerprint density at radius 3 is 2.90 bits per heavy atom. The zero-order valence-electron chi connectivity index (χ0n) is 16.7. The lowest BCUT2D eigenvalue weighted by Gasteiger charge is -2.08. The largest absolute Gasteiger partial charge is 0.320 e. The third kappa shape index (κ3) is 3.76. The van der Waals surface area contributed by atoms with Crippen molar-refractivity contribution < 1.29 is 4.79 Å². The highest BCUT2D eigenvalue weighted by molar-refractivity contribution is 7.17. The van der Waals surface area contributed by atoms with Gasteiger partial charge in [0, 0.05) is 24.2 Å². The zero-order valence-corrected chi connectivity index (χ0v) is 17.6. The van der Waals surface area contributed by atoms with Crippen LogP contribution in [0.3, 0.4) is 0 Å². The first-order valence-corrected chi connectivity index (χ1v) is 10.3. The van der Waals surface area contributed by atoms with E-state index in [1.165, 1.54) is 11.3 Å². The quantitative estimate of drug-likeness (QED) is 0.387. The van der Waals surface area contributed by atoms with Crippen molar-refractivity contribution in [2.75, 3.05) is 10.6 Å². The molecule has 3 N–H and O–H groups in total.